The third-order valence-corrected chi connectivity index (χ3v) is 4.86. The number of nitrogens with one attached hydrogen (secondary N) is 2. The summed E-state index contributed by atoms with van der Waals surface area (Å²) in [6.45, 7) is 10.4. The zero-order valence-corrected chi connectivity index (χ0v) is 16.8. The number of carbonyl (C=O) groups is 2. The molecule has 0 saturated heterocycles. The average molecular weight is 375 g/mol. The highest BCUT2D eigenvalue weighted by Crippen LogP contribution is 2.28. The fourth-order valence-corrected chi connectivity index (χ4v) is 3.23. The first kappa shape index (κ1) is 20.0. The van der Waals surface area contributed by atoms with E-state index in [9.17, 15) is 9.59 Å². The van der Waals surface area contributed by atoms with Gasteiger partial charge in [-0.25, -0.2) is 0 Å². The second-order valence-electron chi connectivity index (χ2n) is 7.09. The van der Waals surface area contributed by atoms with Crippen LogP contribution in [-0.2, 0) is 11.3 Å². The van der Waals surface area contributed by atoms with Gasteiger partial charge in [0.15, 0.2) is 0 Å². The van der Waals surface area contributed by atoms with Crippen molar-refractivity contribution >= 4 is 28.2 Å². The van der Waals surface area contributed by atoms with E-state index in [1.165, 1.54) is 11.3 Å². The standard InChI is InChI=1S/C20H26N2O3S/c1-6-25-15-9-7-8-14(11-15)12-21-18(23)17-13(2)10-16(26-17)22-19(24)20(3,4)5/h7-11H,6,12H2,1-5H3,(H,21,23)(H,22,24). The van der Waals surface area contributed by atoms with E-state index in [2.05, 4.69) is 10.6 Å². The summed E-state index contributed by atoms with van der Waals surface area (Å²) >= 11 is 1.29. The predicted molar refractivity (Wildman–Crippen MR) is 106 cm³/mol. The smallest absolute Gasteiger partial charge is 0.261 e. The number of hydrogen-bond acceptors (Lipinski definition) is 4. The van der Waals surface area contributed by atoms with E-state index in [4.69, 9.17) is 4.74 Å². The maximum Gasteiger partial charge on any atom is 0.261 e. The zero-order valence-electron chi connectivity index (χ0n) is 15.9. The molecule has 1 aromatic carbocycles. The molecule has 0 fully saturated rings. The number of benzene rings is 1. The molecular weight excluding hydrogens is 348 g/mol. The third-order valence-electron chi connectivity index (χ3n) is 3.70. The van der Waals surface area contributed by atoms with Crippen LogP contribution in [0.3, 0.4) is 0 Å². The zero-order chi connectivity index (χ0) is 19.3. The summed E-state index contributed by atoms with van der Waals surface area (Å²) in [5, 5.41) is 6.49. The van der Waals surface area contributed by atoms with Crippen molar-refractivity contribution in [2.24, 2.45) is 5.41 Å². The van der Waals surface area contributed by atoms with Gasteiger partial charge in [-0.1, -0.05) is 32.9 Å². The van der Waals surface area contributed by atoms with Crippen molar-refractivity contribution in [2.45, 2.75) is 41.2 Å². The molecule has 26 heavy (non-hydrogen) atoms. The Morgan fingerprint density at radius 1 is 1.19 bits per heavy atom. The molecule has 1 heterocycles. The Morgan fingerprint density at radius 3 is 2.58 bits per heavy atom. The topological polar surface area (TPSA) is 67.4 Å². The summed E-state index contributed by atoms with van der Waals surface area (Å²) in [4.78, 5) is 25.2. The fourth-order valence-electron chi connectivity index (χ4n) is 2.24. The number of amides is 2. The summed E-state index contributed by atoms with van der Waals surface area (Å²) in [6, 6.07) is 9.49. The van der Waals surface area contributed by atoms with Crippen molar-refractivity contribution in [1.29, 1.82) is 0 Å². The van der Waals surface area contributed by atoms with Gasteiger partial charge in [-0.2, -0.15) is 0 Å². The monoisotopic (exact) mass is 374 g/mol. The van der Waals surface area contributed by atoms with Gasteiger partial charge in [0.25, 0.3) is 5.91 Å². The summed E-state index contributed by atoms with van der Waals surface area (Å²) < 4.78 is 5.47. The predicted octanol–water partition coefficient (Wildman–Crippen LogP) is 4.37. The Balaban J connectivity index is 2.01. The quantitative estimate of drug-likeness (QED) is 0.789. The van der Waals surface area contributed by atoms with Crippen LogP contribution in [-0.4, -0.2) is 18.4 Å². The summed E-state index contributed by atoms with van der Waals surface area (Å²) in [7, 11) is 0. The fraction of sp³-hybridized carbons (Fsp3) is 0.400. The molecule has 5 nitrogen and oxygen atoms in total. The first-order valence-electron chi connectivity index (χ1n) is 8.62. The minimum absolute atomic E-state index is 0.0709. The van der Waals surface area contributed by atoms with Crippen LogP contribution < -0.4 is 15.4 Å². The minimum Gasteiger partial charge on any atom is -0.494 e. The molecule has 0 radical (unpaired) electrons. The van der Waals surface area contributed by atoms with Crippen LogP contribution in [0.1, 0.15) is 48.5 Å². The van der Waals surface area contributed by atoms with Gasteiger partial charge in [0.2, 0.25) is 5.91 Å². The molecule has 0 aliphatic heterocycles. The molecule has 6 heteroatoms. The molecule has 1 aromatic heterocycles. The molecule has 2 amide bonds. The Hall–Kier alpha value is -2.34. The van der Waals surface area contributed by atoms with Crippen LogP contribution in [0.15, 0.2) is 30.3 Å². The van der Waals surface area contributed by atoms with Crippen molar-refractivity contribution in [1.82, 2.24) is 5.32 Å². The Kier molecular flexibility index (Phi) is 6.42. The lowest BCUT2D eigenvalue weighted by atomic mass is 9.96. The molecule has 0 aliphatic carbocycles. The van der Waals surface area contributed by atoms with Crippen molar-refractivity contribution in [3.63, 3.8) is 0 Å². The lowest BCUT2D eigenvalue weighted by molar-refractivity contribution is -0.123. The highest BCUT2D eigenvalue weighted by atomic mass is 32.1. The summed E-state index contributed by atoms with van der Waals surface area (Å²) in [5.41, 5.74) is 1.34. The number of hydrogen-bond donors (Lipinski definition) is 2. The van der Waals surface area contributed by atoms with Crippen molar-refractivity contribution in [2.75, 3.05) is 11.9 Å². The van der Waals surface area contributed by atoms with Gasteiger partial charge < -0.3 is 15.4 Å². The lowest BCUT2D eigenvalue weighted by Crippen LogP contribution is -2.27. The number of aryl methyl sites for hydroxylation is 1. The minimum atomic E-state index is -0.480. The van der Waals surface area contributed by atoms with Gasteiger partial charge >= 0.3 is 0 Å². The van der Waals surface area contributed by atoms with E-state index in [-0.39, 0.29) is 11.8 Å². The van der Waals surface area contributed by atoms with E-state index in [1.807, 2.05) is 65.0 Å². The average Bonchev–Trinajstić information content (AvgIpc) is 2.93. The maximum absolute atomic E-state index is 12.5. The highest BCUT2D eigenvalue weighted by Gasteiger charge is 2.23. The molecule has 0 aliphatic rings. The van der Waals surface area contributed by atoms with Crippen LogP contribution in [0, 0.1) is 12.3 Å². The van der Waals surface area contributed by atoms with Crippen LogP contribution in [0.25, 0.3) is 0 Å². The van der Waals surface area contributed by atoms with Crippen molar-refractivity contribution < 1.29 is 14.3 Å². The first-order valence-corrected chi connectivity index (χ1v) is 9.44. The van der Waals surface area contributed by atoms with Crippen LogP contribution >= 0.6 is 11.3 Å². The molecule has 140 valence electrons. The molecule has 0 spiro atoms. The van der Waals surface area contributed by atoms with Gasteiger partial charge in [0.05, 0.1) is 16.5 Å². The van der Waals surface area contributed by atoms with E-state index in [1.54, 1.807) is 0 Å². The molecule has 2 rings (SSSR count). The Bertz CT molecular complexity index is 791. The van der Waals surface area contributed by atoms with Crippen molar-refractivity contribution in [3.8, 4) is 5.75 Å². The van der Waals surface area contributed by atoms with Crippen LogP contribution in [0.4, 0.5) is 5.00 Å². The largest absolute Gasteiger partial charge is 0.494 e. The number of rotatable bonds is 6. The van der Waals surface area contributed by atoms with E-state index in [0.717, 1.165) is 16.9 Å². The first-order chi connectivity index (χ1) is 12.2. The second-order valence-corrected chi connectivity index (χ2v) is 8.14. The molecule has 0 atom stereocenters. The number of carbonyl (C=O) groups excluding carboxylic acids is 2. The maximum atomic E-state index is 12.5. The van der Waals surface area contributed by atoms with Gasteiger partial charge in [0.1, 0.15) is 5.75 Å². The summed E-state index contributed by atoms with van der Waals surface area (Å²) in [6.07, 6.45) is 0. The summed E-state index contributed by atoms with van der Waals surface area (Å²) in [5.74, 6) is 0.572. The van der Waals surface area contributed by atoms with Crippen molar-refractivity contribution in [3.05, 3.63) is 46.3 Å². The van der Waals surface area contributed by atoms with E-state index >= 15 is 0 Å². The second kappa shape index (κ2) is 8.36. The third kappa shape index (κ3) is 5.33. The highest BCUT2D eigenvalue weighted by molar-refractivity contribution is 7.18. The normalized spacial score (nSPS) is 11.1. The molecule has 0 saturated carbocycles. The molecule has 0 bridgehead atoms. The van der Waals surface area contributed by atoms with E-state index < -0.39 is 5.41 Å². The molecule has 2 N–H and O–H groups in total. The number of anilines is 1. The number of ether oxygens (including phenoxy) is 1. The van der Waals surface area contributed by atoms with Gasteiger partial charge in [-0.15, -0.1) is 11.3 Å². The SMILES string of the molecule is CCOc1cccc(CNC(=O)c2sc(NC(=O)C(C)(C)C)cc2C)c1. The van der Waals surface area contributed by atoms with Crippen LogP contribution in [0.5, 0.6) is 5.75 Å². The number of thiophene rings is 1. The molecule has 0 unspecified atom stereocenters. The van der Waals surface area contributed by atoms with E-state index in [0.29, 0.717) is 23.0 Å². The van der Waals surface area contributed by atoms with Gasteiger partial charge in [0, 0.05) is 12.0 Å². The molecular formula is C20H26N2O3S. The van der Waals surface area contributed by atoms with Gasteiger partial charge in [-0.3, -0.25) is 9.59 Å². The molecule has 2 aromatic rings. The van der Waals surface area contributed by atoms with Crippen LogP contribution in [0.2, 0.25) is 0 Å². The van der Waals surface area contributed by atoms with Gasteiger partial charge in [-0.05, 0) is 43.2 Å². The Morgan fingerprint density at radius 2 is 1.92 bits per heavy atom. The Labute approximate surface area is 158 Å². The lowest BCUT2D eigenvalue weighted by Gasteiger charge is -2.16.